The van der Waals surface area contributed by atoms with Gasteiger partial charge in [0.25, 0.3) is 5.91 Å². The fourth-order valence-corrected chi connectivity index (χ4v) is 1.21. The molecule has 0 aliphatic heterocycles. The van der Waals surface area contributed by atoms with Gasteiger partial charge in [0.15, 0.2) is 0 Å². The molecule has 0 saturated heterocycles. The molecular formula is C12H12ClN3O. The number of halogens is 1. The minimum atomic E-state index is -0.448. The smallest absolute Gasteiger partial charge is 0.267 e. The summed E-state index contributed by atoms with van der Waals surface area (Å²) in [5, 5.41) is 14.8. The summed E-state index contributed by atoms with van der Waals surface area (Å²) >= 11 is 5.72. The van der Waals surface area contributed by atoms with Gasteiger partial charge in [-0.2, -0.15) is 5.26 Å². The van der Waals surface area contributed by atoms with Crippen LogP contribution in [-0.4, -0.2) is 12.5 Å². The summed E-state index contributed by atoms with van der Waals surface area (Å²) in [5.74, 6) is -0.448. The first-order valence-electron chi connectivity index (χ1n) is 5.08. The Kier molecular flexibility index (Phi) is 5.05. The van der Waals surface area contributed by atoms with Gasteiger partial charge in [-0.25, -0.2) is 0 Å². The number of nitrogens with zero attached hydrogens (tertiary/aromatic N) is 1. The Morgan fingerprint density at radius 1 is 1.47 bits per heavy atom. The number of nitriles is 1. The highest BCUT2D eigenvalue weighted by molar-refractivity contribution is 6.30. The number of amides is 1. The van der Waals surface area contributed by atoms with Gasteiger partial charge in [0, 0.05) is 23.5 Å². The molecule has 4 nitrogen and oxygen atoms in total. The van der Waals surface area contributed by atoms with Crippen molar-refractivity contribution in [2.24, 2.45) is 0 Å². The molecule has 0 spiro atoms. The van der Waals surface area contributed by atoms with Crippen LogP contribution in [0.2, 0.25) is 5.02 Å². The Hall–Kier alpha value is -1.99. The number of hydrogen-bond acceptors (Lipinski definition) is 3. The molecule has 0 bridgehead atoms. The lowest BCUT2D eigenvalue weighted by Gasteiger charge is -2.04. The standard InChI is InChI=1S/C12H12ClN3O/c1-2-15-8-9(7-14)12(17)16-11-5-3-10(13)4-6-11/h3-6,8,15H,2H2,1H3,(H,16,17)/b9-8-. The summed E-state index contributed by atoms with van der Waals surface area (Å²) in [6, 6.07) is 8.49. The van der Waals surface area contributed by atoms with Crippen LogP contribution in [0.15, 0.2) is 36.0 Å². The zero-order valence-corrected chi connectivity index (χ0v) is 10.1. The average Bonchev–Trinajstić information content (AvgIpc) is 2.33. The molecule has 17 heavy (non-hydrogen) atoms. The summed E-state index contributed by atoms with van der Waals surface area (Å²) in [4.78, 5) is 11.7. The predicted molar refractivity (Wildman–Crippen MR) is 67.5 cm³/mol. The van der Waals surface area contributed by atoms with Crippen molar-refractivity contribution >= 4 is 23.2 Å². The topological polar surface area (TPSA) is 64.9 Å². The molecule has 88 valence electrons. The van der Waals surface area contributed by atoms with E-state index in [-0.39, 0.29) is 5.57 Å². The van der Waals surface area contributed by atoms with E-state index in [4.69, 9.17) is 16.9 Å². The highest BCUT2D eigenvalue weighted by atomic mass is 35.5. The summed E-state index contributed by atoms with van der Waals surface area (Å²) in [5.41, 5.74) is 0.624. The molecular weight excluding hydrogens is 238 g/mol. The molecule has 0 aliphatic rings. The number of carbonyl (C=O) groups excluding carboxylic acids is 1. The maximum absolute atomic E-state index is 11.7. The van der Waals surface area contributed by atoms with Crippen molar-refractivity contribution in [2.45, 2.75) is 6.92 Å². The number of benzene rings is 1. The Labute approximate surface area is 105 Å². The third-order valence-corrected chi connectivity index (χ3v) is 2.17. The summed E-state index contributed by atoms with van der Waals surface area (Å²) in [6.45, 7) is 2.53. The Balaban J connectivity index is 2.71. The summed E-state index contributed by atoms with van der Waals surface area (Å²) in [6.07, 6.45) is 1.39. The Bertz CT molecular complexity index is 460. The van der Waals surface area contributed by atoms with Crippen molar-refractivity contribution in [1.29, 1.82) is 5.26 Å². The zero-order valence-electron chi connectivity index (χ0n) is 9.33. The van der Waals surface area contributed by atoms with Gasteiger partial charge in [0.1, 0.15) is 11.6 Å². The van der Waals surface area contributed by atoms with Crippen molar-refractivity contribution in [3.63, 3.8) is 0 Å². The maximum atomic E-state index is 11.7. The van der Waals surface area contributed by atoms with Crippen molar-refractivity contribution in [3.05, 3.63) is 41.1 Å². The largest absolute Gasteiger partial charge is 0.390 e. The van der Waals surface area contributed by atoms with Crippen LogP contribution in [0.3, 0.4) is 0 Å². The first-order chi connectivity index (χ1) is 8.17. The predicted octanol–water partition coefficient (Wildman–Crippen LogP) is 2.30. The molecule has 1 rings (SSSR count). The van der Waals surface area contributed by atoms with Gasteiger partial charge in [-0.3, -0.25) is 4.79 Å². The first-order valence-corrected chi connectivity index (χ1v) is 5.45. The lowest BCUT2D eigenvalue weighted by Crippen LogP contribution is -2.16. The molecule has 5 heteroatoms. The van der Waals surface area contributed by atoms with E-state index >= 15 is 0 Å². The molecule has 2 N–H and O–H groups in total. The van der Waals surface area contributed by atoms with E-state index in [2.05, 4.69) is 10.6 Å². The second kappa shape index (κ2) is 6.56. The highest BCUT2D eigenvalue weighted by Crippen LogP contribution is 2.13. The molecule has 1 aromatic carbocycles. The van der Waals surface area contributed by atoms with Gasteiger partial charge in [-0.1, -0.05) is 11.6 Å². The lowest BCUT2D eigenvalue weighted by molar-refractivity contribution is -0.112. The third kappa shape index (κ3) is 4.17. The van der Waals surface area contributed by atoms with Crippen LogP contribution in [-0.2, 0) is 4.79 Å². The molecule has 0 unspecified atom stereocenters. The van der Waals surface area contributed by atoms with Crippen molar-refractivity contribution < 1.29 is 4.79 Å². The molecule has 0 atom stereocenters. The van der Waals surface area contributed by atoms with E-state index < -0.39 is 5.91 Å². The van der Waals surface area contributed by atoms with E-state index in [9.17, 15) is 4.79 Å². The molecule has 0 heterocycles. The van der Waals surface area contributed by atoms with E-state index in [1.54, 1.807) is 24.3 Å². The number of hydrogen-bond donors (Lipinski definition) is 2. The molecule has 0 fully saturated rings. The Morgan fingerprint density at radius 3 is 2.65 bits per heavy atom. The Morgan fingerprint density at radius 2 is 2.12 bits per heavy atom. The van der Waals surface area contributed by atoms with Crippen LogP contribution < -0.4 is 10.6 Å². The normalized spacial score (nSPS) is 10.5. The van der Waals surface area contributed by atoms with Gasteiger partial charge in [0.2, 0.25) is 0 Å². The quantitative estimate of drug-likeness (QED) is 0.636. The molecule has 1 aromatic rings. The maximum Gasteiger partial charge on any atom is 0.267 e. The fraction of sp³-hybridized carbons (Fsp3) is 0.167. The van der Waals surface area contributed by atoms with Gasteiger partial charge in [-0.15, -0.1) is 0 Å². The van der Waals surface area contributed by atoms with Crippen LogP contribution in [0.25, 0.3) is 0 Å². The molecule has 0 aliphatic carbocycles. The SMILES string of the molecule is CCN/C=C(/C#N)C(=O)Nc1ccc(Cl)cc1. The van der Waals surface area contributed by atoms with Crippen LogP contribution in [0.4, 0.5) is 5.69 Å². The molecule has 0 saturated carbocycles. The summed E-state index contributed by atoms with van der Waals surface area (Å²) < 4.78 is 0. The zero-order chi connectivity index (χ0) is 12.7. The number of carbonyl (C=O) groups is 1. The lowest BCUT2D eigenvalue weighted by atomic mass is 10.2. The molecule has 0 radical (unpaired) electrons. The van der Waals surface area contributed by atoms with E-state index in [1.807, 2.05) is 13.0 Å². The monoisotopic (exact) mass is 249 g/mol. The highest BCUT2D eigenvalue weighted by Gasteiger charge is 2.08. The fourth-order valence-electron chi connectivity index (χ4n) is 1.08. The second-order valence-electron chi connectivity index (χ2n) is 3.19. The van der Waals surface area contributed by atoms with E-state index in [0.717, 1.165) is 0 Å². The minimum Gasteiger partial charge on any atom is -0.390 e. The van der Waals surface area contributed by atoms with Gasteiger partial charge < -0.3 is 10.6 Å². The van der Waals surface area contributed by atoms with Crippen LogP contribution >= 0.6 is 11.6 Å². The van der Waals surface area contributed by atoms with Crippen LogP contribution in [0.1, 0.15) is 6.92 Å². The molecule has 0 aromatic heterocycles. The van der Waals surface area contributed by atoms with Crippen LogP contribution in [0.5, 0.6) is 0 Å². The number of rotatable bonds is 4. The average molecular weight is 250 g/mol. The van der Waals surface area contributed by atoms with Crippen molar-refractivity contribution in [3.8, 4) is 6.07 Å². The van der Waals surface area contributed by atoms with E-state index in [0.29, 0.717) is 17.3 Å². The van der Waals surface area contributed by atoms with Crippen molar-refractivity contribution in [1.82, 2.24) is 5.32 Å². The second-order valence-corrected chi connectivity index (χ2v) is 3.62. The summed E-state index contributed by atoms with van der Waals surface area (Å²) in [7, 11) is 0. The molecule has 1 amide bonds. The van der Waals surface area contributed by atoms with Crippen molar-refractivity contribution in [2.75, 3.05) is 11.9 Å². The minimum absolute atomic E-state index is 0.0294. The van der Waals surface area contributed by atoms with Gasteiger partial charge in [-0.05, 0) is 31.2 Å². The number of anilines is 1. The first kappa shape index (κ1) is 13.1. The van der Waals surface area contributed by atoms with Gasteiger partial charge in [0.05, 0.1) is 0 Å². The third-order valence-electron chi connectivity index (χ3n) is 1.92. The van der Waals surface area contributed by atoms with Crippen LogP contribution in [0, 0.1) is 11.3 Å². The van der Waals surface area contributed by atoms with E-state index in [1.165, 1.54) is 6.20 Å². The van der Waals surface area contributed by atoms with Gasteiger partial charge >= 0.3 is 0 Å². The number of nitrogens with one attached hydrogen (secondary N) is 2.